The smallest absolute Gasteiger partial charge is 0.310 e. The van der Waals surface area contributed by atoms with Crippen molar-refractivity contribution in [2.45, 2.75) is 64.1 Å². The Labute approximate surface area is 257 Å². The first-order valence-electron chi connectivity index (χ1n) is 15.0. The maximum absolute atomic E-state index is 13.5. The Hall–Kier alpha value is -2.19. The second-order valence-electron chi connectivity index (χ2n) is 12.9. The van der Waals surface area contributed by atoms with Crippen molar-refractivity contribution in [1.82, 2.24) is 0 Å². The van der Waals surface area contributed by atoms with E-state index in [1.807, 2.05) is 37.3 Å². The SMILES string of the molecule is C[C@]12C=CC(=O)C=C1CC[C@@H]1[C@@H]2[C@@H](O)C[C@@]2(C)[C@H]1CC[C@]2(O)C(=O)COC(=O)Cc1ccc(N(CCCl)CCCl)cc1. The summed E-state index contributed by atoms with van der Waals surface area (Å²) in [5.41, 5.74) is -0.167. The molecule has 0 saturated heterocycles. The molecule has 42 heavy (non-hydrogen) atoms. The van der Waals surface area contributed by atoms with Crippen LogP contribution in [0.15, 0.2) is 48.1 Å². The number of fused-ring (bicyclic) bond motifs is 5. The quantitative estimate of drug-likeness (QED) is 0.291. The Morgan fingerprint density at radius 3 is 2.45 bits per heavy atom. The number of ketones is 2. The summed E-state index contributed by atoms with van der Waals surface area (Å²) in [5.74, 6) is -0.0554. The molecule has 0 heterocycles. The van der Waals surface area contributed by atoms with Crippen LogP contribution < -0.4 is 4.90 Å². The van der Waals surface area contributed by atoms with Crippen molar-refractivity contribution in [3.63, 3.8) is 0 Å². The molecule has 0 radical (unpaired) electrons. The second-order valence-corrected chi connectivity index (χ2v) is 13.7. The van der Waals surface area contributed by atoms with Gasteiger partial charge in [0.15, 0.2) is 12.4 Å². The van der Waals surface area contributed by atoms with Crippen molar-refractivity contribution < 1.29 is 29.3 Å². The van der Waals surface area contributed by atoms with E-state index >= 15 is 0 Å². The van der Waals surface area contributed by atoms with Gasteiger partial charge in [0.2, 0.25) is 5.78 Å². The minimum absolute atomic E-state index is 0.00379. The molecule has 5 rings (SSSR count). The van der Waals surface area contributed by atoms with E-state index in [1.165, 1.54) is 0 Å². The van der Waals surface area contributed by atoms with Crippen molar-refractivity contribution in [2.75, 3.05) is 36.4 Å². The van der Waals surface area contributed by atoms with Crippen LogP contribution in [0.3, 0.4) is 0 Å². The van der Waals surface area contributed by atoms with Crippen LogP contribution in [0.2, 0.25) is 0 Å². The van der Waals surface area contributed by atoms with E-state index in [9.17, 15) is 24.6 Å². The molecule has 0 bridgehead atoms. The van der Waals surface area contributed by atoms with Crippen LogP contribution in [-0.2, 0) is 25.5 Å². The summed E-state index contributed by atoms with van der Waals surface area (Å²) in [6.45, 7) is 4.83. The van der Waals surface area contributed by atoms with Crippen molar-refractivity contribution in [1.29, 1.82) is 0 Å². The molecule has 4 aliphatic rings. The van der Waals surface area contributed by atoms with Crippen LogP contribution >= 0.6 is 23.2 Å². The minimum atomic E-state index is -1.69. The Morgan fingerprint density at radius 2 is 1.79 bits per heavy atom. The van der Waals surface area contributed by atoms with E-state index in [0.717, 1.165) is 29.7 Å². The molecule has 4 aliphatic carbocycles. The van der Waals surface area contributed by atoms with Gasteiger partial charge in [0.1, 0.15) is 5.60 Å². The molecule has 3 fully saturated rings. The fourth-order valence-electron chi connectivity index (χ4n) is 8.67. The zero-order chi connectivity index (χ0) is 30.3. The molecular formula is C33H41Cl2NO6. The predicted octanol–water partition coefficient (Wildman–Crippen LogP) is 4.64. The van der Waals surface area contributed by atoms with Gasteiger partial charge >= 0.3 is 5.97 Å². The van der Waals surface area contributed by atoms with Gasteiger partial charge in [0.25, 0.3) is 0 Å². The minimum Gasteiger partial charge on any atom is -0.457 e. The number of hydrogen-bond donors (Lipinski definition) is 2. The van der Waals surface area contributed by atoms with Crippen molar-refractivity contribution in [3.05, 3.63) is 53.6 Å². The van der Waals surface area contributed by atoms with Crippen LogP contribution in [0.25, 0.3) is 0 Å². The highest BCUT2D eigenvalue weighted by Gasteiger charge is 2.68. The number of halogens is 2. The first-order chi connectivity index (χ1) is 20.0. The molecule has 7 nitrogen and oxygen atoms in total. The molecule has 0 amide bonds. The molecule has 0 spiro atoms. The number of alkyl halides is 2. The number of carbonyl (C=O) groups is 3. The van der Waals surface area contributed by atoms with Crippen molar-refractivity contribution in [3.8, 4) is 0 Å². The summed E-state index contributed by atoms with van der Waals surface area (Å²) in [6, 6.07) is 7.49. The van der Waals surface area contributed by atoms with Gasteiger partial charge in [-0.25, -0.2) is 0 Å². The van der Waals surface area contributed by atoms with Crippen molar-refractivity contribution in [2.24, 2.45) is 28.6 Å². The van der Waals surface area contributed by atoms with E-state index < -0.39 is 40.9 Å². The third-order valence-corrected chi connectivity index (χ3v) is 11.2. The van der Waals surface area contributed by atoms with E-state index in [4.69, 9.17) is 27.9 Å². The number of carbonyl (C=O) groups excluding carboxylic acids is 3. The summed E-state index contributed by atoms with van der Waals surface area (Å²) in [5, 5.41) is 23.4. The maximum atomic E-state index is 13.5. The van der Waals surface area contributed by atoms with Crippen LogP contribution in [0.4, 0.5) is 5.69 Å². The molecule has 3 saturated carbocycles. The molecule has 7 atom stereocenters. The molecule has 0 aliphatic heterocycles. The number of allylic oxidation sites excluding steroid dienone is 4. The molecule has 228 valence electrons. The third kappa shape index (κ3) is 5.36. The maximum Gasteiger partial charge on any atom is 0.310 e. The first-order valence-corrected chi connectivity index (χ1v) is 16.0. The summed E-state index contributed by atoms with van der Waals surface area (Å²) < 4.78 is 5.39. The summed E-state index contributed by atoms with van der Waals surface area (Å²) in [4.78, 5) is 40.3. The van der Waals surface area contributed by atoms with Crippen LogP contribution in [0, 0.1) is 28.6 Å². The number of esters is 1. The Bertz CT molecular complexity index is 1270. The number of aliphatic hydroxyl groups excluding tert-OH is 1. The Kier molecular flexibility index (Phi) is 8.98. The topological polar surface area (TPSA) is 104 Å². The number of Topliss-reactive ketones (excluding diaryl/α,β-unsaturated/α-hetero) is 1. The van der Waals surface area contributed by atoms with Crippen LogP contribution in [0.5, 0.6) is 0 Å². The number of aliphatic hydroxyl groups is 2. The molecule has 0 aromatic heterocycles. The fourth-order valence-corrected chi connectivity index (χ4v) is 9.08. The van der Waals surface area contributed by atoms with E-state index in [2.05, 4.69) is 11.8 Å². The molecular weight excluding hydrogens is 577 g/mol. The molecule has 9 heteroatoms. The number of ether oxygens (including phenoxy) is 1. The normalized spacial score (nSPS) is 35.1. The van der Waals surface area contributed by atoms with Gasteiger partial charge < -0.3 is 19.8 Å². The van der Waals surface area contributed by atoms with Gasteiger partial charge in [-0.1, -0.05) is 37.6 Å². The largest absolute Gasteiger partial charge is 0.457 e. The lowest BCUT2D eigenvalue weighted by Crippen LogP contribution is -2.61. The lowest BCUT2D eigenvalue weighted by Gasteiger charge is -2.59. The highest BCUT2D eigenvalue weighted by Crippen LogP contribution is 2.67. The lowest BCUT2D eigenvalue weighted by molar-refractivity contribution is -0.181. The number of rotatable bonds is 10. The van der Waals surface area contributed by atoms with Gasteiger partial charge in [0, 0.05) is 47.3 Å². The summed E-state index contributed by atoms with van der Waals surface area (Å²) in [6.07, 6.45) is 7.30. The zero-order valence-corrected chi connectivity index (χ0v) is 25.9. The molecule has 1 aromatic rings. The van der Waals surface area contributed by atoms with Gasteiger partial charge in [-0.2, -0.15) is 0 Å². The molecule has 2 N–H and O–H groups in total. The average molecular weight is 619 g/mol. The zero-order valence-electron chi connectivity index (χ0n) is 24.4. The second kappa shape index (κ2) is 12.1. The number of nitrogens with zero attached hydrogens (tertiary/aromatic N) is 1. The van der Waals surface area contributed by atoms with Crippen LogP contribution in [0.1, 0.15) is 51.5 Å². The summed E-state index contributed by atoms with van der Waals surface area (Å²) in [7, 11) is 0. The van der Waals surface area contributed by atoms with Gasteiger partial charge in [-0.15, -0.1) is 23.2 Å². The van der Waals surface area contributed by atoms with Gasteiger partial charge in [-0.05, 0) is 73.8 Å². The van der Waals surface area contributed by atoms with Crippen molar-refractivity contribution >= 4 is 46.4 Å². The number of anilines is 1. The highest BCUT2D eigenvalue weighted by atomic mass is 35.5. The third-order valence-electron chi connectivity index (χ3n) is 10.8. The number of benzene rings is 1. The van der Waals surface area contributed by atoms with E-state index in [1.54, 1.807) is 12.2 Å². The average Bonchev–Trinajstić information content (AvgIpc) is 3.23. The highest BCUT2D eigenvalue weighted by molar-refractivity contribution is 6.18. The summed E-state index contributed by atoms with van der Waals surface area (Å²) >= 11 is 11.8. The first kappa shape index (κ1) is 31.2. The fraction of sp³-hybridized carbons (Fsp3) is 0.606. The monoisotopic (exact) mass is 617 g/mol. The number of hydrogen-bond acceptors (Lipinski definition) is 7. The Morgan fingerprint density at radius 1 is 1.10 bits per heavy atom. The van der Waals surface area contributed by atoms with Gasteiger partial charge in [-0.3, -0.25) is 14.4 Å². The standard InChI is InChI=1S/C33H41Cl2NO6/c1-31-11-9-24(37)18-22(31)5-8-25-26-10-12-33(41,32(26,2)19-27(38)30(25)31)28(39)20-42-29(40)17-21-3-6-23(7-4-21)36(15-13-34)16-14-35/h3-4,6-7,9,11,18,25-27,30,38,41H,5,8,10,12-17,19-20H2,1-2H3/t25-,26-,27-,30+,31-,32-,33-/m0/s1. The Balaban J connectivity index is 1.23. The lowest BCUT2D eigenvalue weighted by atomic mass is 9.46. The van der Waals surface area contributed by atoms with Crippen LogP contribution in [-0.4, -0.2) is 70.9 Å². The van der Waals surface area contributed by atoms with E-state index in [-0.39, 0.29) is 42.8 Å². The molecule has 0 unspecified atom stereocenters. The predicted molar refractivity (Wildman–Crippen MR) is 163 cm³/mol. The van der Waals surface area contributed by atoms with Gasteiger partial charge in [0.05, 0.1) is 12.5 Å². The van der Waals surface area contributed by atoms with E-state index in [0.29, 0.717) is 31.3 Å². The molecule has 1 aromatic carbocycles.